The number of benzene rings is 1. The second-order valence-electron chi connectivity index (χ2n) is 4.61. The highest BCUT2D eigenvalue weighted by molar-refractivity contribution is 8.07. The minimum atomic E-state index is -0.518. The van der Waals surface area contributed by atoms with E-state index in [0.29, 0.717) is 16.1 Å². The number of nitrogens with one attached hydrogen (secondary N) is 1. The summed E-state index contributed by atoms with van der Waals surface area (Å²) in [4.78, 5) is 0. The fourth-order valence-corrected chi connectivity index (χ4v) is 5.33. The molecule has 0 amide bonds. The van der Waals surface area contributed by atoms with Gasteiger partial charge in [0.1, 0.15) is 11.6 Å². The Kier molecular flexibility index (Phi) is 5.54. The van der Waals surface area contributed by atoms with Gasteiger partial charge in [0.05, 0.1) is 0 Å². The summed E-state index contributed by atoms with van der Waals surface area (Å²) in [6.45, 7) is 4.98. The van der Waals surface area contributed by atoms with Crippen LogP contribution in [0.15, 0.2) is 18.2 Å². The maximum absolute atomic E-state index is 14.0. The Morgan fingerprint density at radius 1 is 1.32 bits per heavy atom. The Labute approximate surface area is 121 Å². The molecule has 0 radical (unpaired) electrons. The monoisotopic (exact) mass is 303 g/mol. The minimum absolute atomic E-state index is 0.0570. The van der Waals surface area contributed by atoms with E-state index in [-0.39, 0.29) is 6.04 Å². The van der Waals surface area contributed by atoms with Crippen molar-refractivity contribution in [3.63, 3.8) is 0 Å². The molecule has 1 aliphatic rings. The summed E-state index contributed by atoms with van der Waals surface area (Å²) in [5, 5.41) is 4.15. The molecule has 1 N–H and O–H groups in total. The van der Waals surface area contributed by atoms with Gasteiger partial charge >= 0.3 is 0 Å². The van der Waals surface area contributed by atoms with Crippen molar-refractivity contribution in [1.29, 1.82) is 0 Å². The van der Waals surface area contributed by atoms with Crippen molar-refractivity contribution in [2.75, 3.05) is 18.1 Å². The number of thioether (sulfide) groups is 2. The minimum Gasteiger partial charge on any atom is -0.309 e. The van der Waals surface area contributed by atoms with Crippen LogP contribution in [0.4, 0.5) is 8.78 Å². The molecule has 106 valence electrons. The molecule has 1 nitrogen and oxygen atoms in total. The first kappa shape index (κ1) is 15.1. The standard InChI is InChI=1S/C14H19F2NS2/c1-3-17-13(14-9(2)18-6-7-19-14)11-5-4-10(15)8-12(11)16/h4-5,8-9,13-14,17H,3,6-7H2,1-2H3. The predicted octanol–water partition coefficient (Wildman–Crippen LogP) is 3.85. The summed E-state index contributed by atoms with van der Waals surface area (Å²) in [6.07, 6.45) is 0. The Morgan fingerprint density at radius 2 is 2.05 bits per heavy atom. The van der Waals surface area contributed by atoms with Crippen molar-refractivity contribution in [1.82, 2.24) is 5.32 Å². The predicted molar refractivity (Wildman–Crippen MR) is 80.9 cm³/mol. The zero-order valence-electron chi connectivity index (χ0n) is 11.2. The molecule has 1 heterocycles. The molecule has 0 aromatic heterocycles. The summed E-state index contributed by atoms with van der Waals surface area (Å²) < 4.78 is 27.1. The van der Waals surface area contributed by atoms with E-state index in [4.69, 9.17) is 0 Å². The molecular weight excluding hydrogens is 284 g/mol. The van der Waals surface area contributed by atoms with E-state index in [2.05, 4.69) is 12.2 Å². The van der Waals surface area contributed by atoms with Gasteiger partial charge in [-0.3, -0.25) is 0 Å². The fourth-order valence-electron chi connectivity index (χ4n) is 2.39. The highest BCUT2D eigenvalue weighted by Gasteiger charge is 2.32. The molecule has 1 aromatic rings. The molecule has 19 heavy (non-hydrogen) atoms. The van der Waals surface area contributed by atoms with Crippen molar-refractivity contribution in [3.8, 4) is 0 Å². The van der Waals surface area contributed by atoms with Crippen molar-refractivity contribution >= 4 is 23.5 Å². The molecule has 0 spiro atoms. The Morgan fingerprint density at radius 3 is 2.68 bits per heavy atom. The maximum Gasteiger partial charge on any atom is 0.130 e. The molecular formula is C14H19F2NS2. The van der Waals surface area contributed by atoms with E-state index in [0.717, 1.165) is 24.1 Å². The van der Waals surface area contributed by atoms with Crippen molar-refractivity contribution < 1.29 is 8.78 Å². The smallest absolute Gasteiger partial charge is 0.130 e. The first-order valence-corrected chi connectivity index (χ1v) is 8.64. The molecule has 1 saturated heterocycles. The van der Waals surface area contributed by atoms with Crippen molar-refractivity contribution in [3.05, 3.63) is 35.4 Å². The lowest BCUT2D eigenvalue weighted by atomic mass is 10.0. The third-order valence-corrected chi connectivity index (χ3v) is 6.48. The van der Waals surface area contributed by atoms with E-state index in [1.54, 1.807) is 6.07 Å². The van der Waals surface area contributed by atoms with Gasteiger partial charge < -0.3 is 5.32 Å². The van der Waals surface area contributed by atoms with Crippen LogP contribution in [-0.4, -0.2) is 28.6 Å². The number of hydrogen-bond donors (Lipinski definition) is 1. The Bertz CT molecular complexity index is 428. The van der Waals surface area contributed by atoms with Gasteiger partial charge in [-0.2, -0.15) is 23.5 Å². The average Bonchev–Trinajstić information content (AvgIpc) is 2.38. The van der Waals surface area contributed by atoms with Crippen LogP contribution in [0.25, 0.3) is 0 Å². The third kappa shape index (κ3) is 3.64. The van der Waals surface area contributed by atoms with Crippen LogP contribution in [0.1, 0.15) is 25.5 Å². The molecule has 0 saturated carbocycles. The summed E-state index contributed by atoms with van der Waals surface area (Å²) in [6, 6.07) is 3.84. The zero-order valence-corrected chi connectivity index (χ0v) is 12.8. The van der Waals surface area contributed by atoms with Crippen LogP contribution in [0.5, 0.6) is 0 Å². The number of hydrogen-bond acceptors (Lipinski definition) is 3. The highest BCUT2D eigenvalue weighted by Crippen LogP contribution is 2.39. The SMILES string of the molecule is CCNC(c1ccc(F)cc1F)C1SCCSC1C. The topological polar surface area (TPSA) is 12.0 Å². The Balaban J connectivity index is 2.27. The molecule has 1 fully saturated rings. The van der Waals surface area contributed by atoms with Gasteiger partial charge in [-0.15, -0.1) is 0 Å². The van der Waals surface area contributed by atoms with E-state index in [9.17, 15) is 8.78 Å². The van der Waals surface area contributed by atoms with Crippen LogP contribution >= 0.6 is 23.5 Å². The van der Waals surface area contributed by atoms with Crippen molar-refractivity contribution in [2.24, 2.45) is 0 Å². The van der Waals surface area contributed by atoms with Gasteiger partial charge in [0.2, 0.25) is 0 Å². The van der Waals surface area contributed by atoms with Crippen LogP contribution in [0.2, 0.25) is 0 Å². The average molecular weight is 303 g/mol. The van der Waals surface area contributed by atoms with E-state index in [1.807, 2.05) is 30.4 Å². The van der Waals surface area contributed by atoms with Gasteiger partial charge in [-0.25, -0.2) is 8.78 Å². The fraction of sp³-hybridized carbons (Fsp3) is 0.571. The van der Waals surface area contributed by atoms with Crippen LogP contribution in [0.3, 0.4) is 0 Å². The lowest BCUT2D eigenvalue weighted by Gasteiger charge is -2.35. The quantitative estimate of drug-likeness (QED) is 0.907. The summed E-state index contributed by atoms with van der Waals surface area (Å²) in [7, 11) is 0. The highest BCUT2D eigenvalue weighted by atomic mass is 32.2. The number of halogens is 2. The Hall–Kier alpha value is -0.260. The van der Waals surface area contributed by atoms with Gasteiger partial charge in [0.25, 0.3) is 0 Å². The van der Waals surface area contributed by atoms with E-state index >= 15 is 0 Å². The van der Waals surface area contributed by atoms with Crippen LogP contribution in [0, 0.1) is 11.6 Å². The summed E-state index contributed by atoms with van der Waals surface area (Å²) in [5.41, 5.74) is 0.579. The second kappa shape index (κ2) is 6.95. The molecule has 1 aromatic carbocycles. The first-order valence-electron chi connectivity index (χ1n) is 6.55. The van der Waals surface area contributed by atoms with E-state index < -0.39 is 11.6 Å². The van der Waals surface area contributed by atoms with Gasteiger partial charge in [0.15, 0.2) is 0 Å². The normalized spacial score (nSPS) is 25.3. The molecule has 0 aliphatic carbocycles. The maximum atomic E-state index is 14.0. The molecule has 3 unspecified atom stereocenters. The van der Waals surface area contributed by atoms with Gasteiger partial charge in [-0.1, -0.05) is 19.9 Å². The molecule has 3 atom stereocenters. The summed E-state index contributed by atoms with van der Waals surface area (Å²) in [5.74, 6) is 1.27. The largest absolute Gasteiger partial charge is 0.309 e. The second-order valence-corrected chi connectivity index (χ2v) is 7.38. The lowest BCUT2D eigenvalue weighted by molar-refractivity contribution is 0.488. The lowest BCUT2D eigenvalue weighted by Crippen LogP contribution is -2.38. The van der Waals surface area contributed by atoms with E-state index in [1.165, 1.54) is 6.07 Å². The zero-order chi connectivity index (χ0) is 13.8. The van der Waals surface area contributed by atoms with Gasteiger partial charge in [0, 0.05) is 39.7 Å². The van der Waals surface area contributed by atoms with Gasteiger partial charge in [-0.05, 0) is 12.6 Å². The number of rotatable bonds is 4. The summed E-state index contributed by atoms with van der Waals surface area (Å²) >= 11 is 3.81. The molecule has 0 bridgehead atoms. The molecule has 5 heteroatoms. The van der Waals surface area contributed by atoms with Crippen LogP contribution < -0.4 is 5.32 Å². The van der Waals surface area contributed by atoms with Crippen molar-refractivity contribution in [2.45, 2.75) is 30.4 Å². The molecule has 1 aliphatic heterocycles. The first-order chi connectivity index (χ1) is 9.13. The third-order valence-electron chi connectivity index (χ3n) is 3.29. The molecule has 2 rings (SSSR count). The van der Waals surface area contributed by atoms with Crippen LogP contribution in [-0.2, 0) is 0 Å².